The summed E-state index contributed by atoms with van der Waals surface area (Å²) in [6.45, 7) is 0. The third kappa shape index (κ3) is 2.52. The summed E-state index contributed by atoms with van der Waals surface area (Å²) >= 11 is 3.34. The molecule has 0 saturated carbocycles. The van der Waals surface area contributed by atoms with Crippen molar-refractivity contribution >= 4 is 39.0 Å². The van der Waals surface area contributed by atoms with E-state index in [1.807, 2.05) is 6.08 Å². The van der Waals surface area contributed by atoms with E-state index < -0.39 is 0 Å². The van der Waals surface area contributed by atoms with Gasteiger partial charge in [0.15, 0.2) is 0 Å². The first-order valence-electron chi connectivity index (χ1n) is 1.91. The lowest BCUT2D eigenvalue weighted by molar-refractivity contribution is 1.43. The lowest BCUT2D eigenvalue weighted by Gasteiger charge is -1.75. The van der Waals surface area contributed by atoms with Gasteiger partial charge in [-0.05, 0) is 10.9 Å². The van der Waals surface area contributed by atoms with Crippen LogP contribution in [0.2, 0.25) is 0 Å². The first-order valence-corrected chi connectivity index (χ1v) is 2.70. The molecular formula is C5H7BrMg. The van der Waals surface area contributed by atoms with E-state index in [0.29, 0.717) is 0 Å². The highest BCUT2D eigenvalue weighted by molar-refractivity contribution is 9.11. The summed E-state index contributed by atoms with van der Waals surface area (Å²) < 4.78 is 1.28. The Balaban J connectivity index is 0.000000360. The summed E-state index contributed by atoms with van der Waals surface area (Å²) in [6, 6.07) is 0. The van der Waals surface area contributed by atoms with Crippen LogP contribution in [0, 0.1) is 0 Å². The fraction of sp³-hybridized carbons (Fsp3) is 0.200. The predicted molar refractivity (Wildman–Crippen MR) is 39.3 cm³/mol. The SMILES string of the molecule is BrC1=CC=CC1.[MgH2]. The fourth-order valence-corrected chi connectivity index (χ4v) is 0.761. The average molecular weight is 171 g/mol. The van der Waals surface area contributed by atoms with Crippen LogP contribution in [0.4, 0.5) is 0 Å². The number of rotatable bonds is 0. The van der Waals surface area contributed by atoms with Crippen molar-refractivity contribution in [3.05, 3.63) is 22.7 Å². The molecule has 0 heterocycles. The molecule has 0 aliphatic heterocycles. The van der Waals surface area contributed by atoms with E-state index in [9.17, 15) is 0 Å². The van der Waals surface area contributed by atoms with Crippen molar-refractivity contribution in [2.24, 2.45) is 0 Å². The van der Waals surface area contributed by atoms with Crippen LogP contribution < -0.4 is 0 Å². The third-order valence-electron chi connectivity index (χ3n) is 0.726. The molecule has 0 aromatic heterocycles. The van der Waals surface area contributed by atoms with Crippen molar-refractivity contribution in [1.82, 2.24) is 0 Å². The van der Waals surface area contributed by atoms with E-state index in [0.717, 1.165) is 6.42 Å². The number of allylic oxidation sites excluding steroid dienone is 4. The molecule has 7 heavy (non-hydrogen) atoms. The van der Waals surface area contributed by atoms with Crippen molar-refractivity contribution < 1.29 is 0 Å². The minimum atomic E-state index is 0. The Kier molecular flexibility index (Phi) is 4.08. The molecule has 2 heteroatoms. The molecule has 0 atom stereocenters. The molecule has 0 amide bonds. The third-order valence-corrected chi connectivity index (χ3v) is 1.31. The molecule has 0 unspecified atom stereocenters. The number of hydrogen-bond acceptors (Lipinski definition) is 0. The normalized spacial score (nSPS) is 15.9. The van der Waals surface area contributed by atoms with Gasteiger partial charge in [0.2, 0.25) is 0 Å². The lowest BCUT2D eigenvalue weighted by atomic mass is 10.5. The quantitative estimate of drug-likeness (QED) is 0.482. The molecule has 0 radical (unpaired) electrons. The van der Waals surface area contributed by atoms with Crippen LogP contribution in [-0.2, 0) is 0 Å². The van der Waals surface area contributed by atoms with Crippen LogP contribution in [0.15, 0.2) is 22.7 Å². The van der Waals surface area contributed by atoms with Gasteiger partial charge in [-0.15, -0.1) is 0 Å². The van der Waals surface area contributed by atoms with E-state index in [2.05, 4.69) is 28.1 Å². The zero-order valence-corrected chi connectivity index (χ0v) is 4.90. The van der Waals surface area contributed by atoms with Crippen molar-refractivity contribution in [3.8, 4) is 0 Å². The van der Waals surface area contributed by atoms with Crippen LogP contribution in [0.1, 0.15) is 6.42 Å². The molecule has 36 valence electrons. The molecule has 0 aromatic rings. The Morgan fingerprint density at radius 1 is 1.57 bits per heavy atom. The molecule has 0 spiro atoms. The van der Waals surface area contributed by atoms with Crippen LogP contribution >= 0.6 is 15.9 Å². The molecular weight excluding hydrogens is 164 g/mol. The standard InChI is InChI=1S/C5H5Br.Mg.2H/c6-5-3-1-2-4-5;;;/h1-3H,4H2;;;. The summed E-state index contributed by atoms with van der Waals surface area (Å²) in [4.78, 5) is 0. The summed E-state index contributed by atoms with van der Waals surface area (Å²) in [6.07, 6.45) is 7.30. The lowest BCUT2D eigenvalue weighted by Crippen LogP contribution is -1.51. The molecule has 0 nitrogen and oxygen atoms in total. The van der Waals surface area contributed by atoms with Crippen molar-refractivity contribution in [1.29, 1.82) is 0 Å². The Morgan fingerprint density at radius 2 is 2.29 bits per heavy atom. The van der Waals surface area contributed by atoms with Crippen LogP contribution in [0.25, 0.3) is 0 Å². The van der Waals surface area contributed by atoms with E-state index >= 15 is 0 Å². The van der Waals surface area contributed by atoms with E-state index in [1.54, 1.807) is 0 Å². The number of halogens is 1. The van der Waals surface area contributed by atoms with Gasteiger partial charge >= 0.3 is 23.1 Å². The van der Waals surface area contributed by atoms with Gasteiger partial charge in [0.1, 0.15) is 0 Å². The first kappa shape index (κ1) is 7.73. The molecule has 1 aliphatic rings. The van der Waals surface area contributed by atoms with Crippen LogP contribution in [0.5, 0.6) is 0 Å². The van der Waals surface area contributed by atoms with E-state index in [4.69, 9.17) is 0 Å². The van der Waals surface area contributed by atoms with Gasteiger partial charge < -0.3 is 0 Å². The Hall–Kier alpha value is 0.726. The maximum atomic E-state index is 3.34. The Labute approximate surface area is 68.0 Å². The maximum absolute atomic E-state index is 3.34. The predicted octanol–water partition coefficient (Wildman–Crippen LogP) is 1.31. The second-order valence-corrected chi connectivity index (χ2v) is 2.26. The van der Waals surface area contributed by atoms with Gasteiger partial charge in [-0.3, -0.25) is 0 Å². The average Bonchev–Trinajstić information content (AvgIpc) is 1.86. The van der Waals surface area contributed by atoms with Gasteiger partial charge in [0.25, 0.3) is 0 Å². The van der Waals surface area contributed by atoms with Crippen LogP contribution in [-0.4, -0.2) is 23.1 Å². The zero-order chi connectivity index (χ0) is 4.41. The van der Waals surface area contributed by atoms with Crippen molar-refractivity contribution in [2.75, 3.05) is 0 Å². The van der Waals surface area contributed by atoms with Crippen molar-refractivity contribution in [2.45, 2.75) is 6.42 Å². The minimum absolute atomic E-state index is 0. The summed E-state index contributed by atoms with van der Waals surface area (Å²) in [5, 5.41) is 0. The molecule has 0 aromatic carbocycles. The topological polar surface area (TPSA) is 0 Å². The highest BCUT2D eigenvalue weighted by Gasteiger charge is 1.88. The molecule has 0 saturated heterocycles. The second-order valence-electron chi connectivity index (χ2n) is 1.25. The highest BCUT2D eigenvalue weighted by atomic mass is 79.9. The van der Waals surface area contributed by atoms with Gasteiger partial charge in [-0.1, -0.05) is 34.2 Å². The second kappa shape index (κ2) is 3.69. The Morgan fingerprint density at radius 3 is 2.43 bits per heavy atom. The molecule has 1 rings (SSSR count). The number of hydrogen-bond donors (Lipinski definition) is 0. The first-order chi connectivity index (χ1) is 2.89. The summed E-state index contributed by atoms with van der Waals surface area (Å²) in [7, 11) is 0. The monoisotopic (exact) mass is 170 g/mol. The molecule has 0 fully saturated rings. The molecule has 1 aliphatic carbocycles. The largest absolute Gasteiger partial charge is 0.316 e. The van der Waals surface area contributed by atoms with Gasteiger partial charge in [0.05, 0.1) is 0 Å². The fourth-order valence-electron chi connectivity index (χ4n) is 0.421. The molecule has 0 N–H and O–H groups in total. The maximum Gasteiger partial charge on any atom is 0.316 e. The van der Waals surface area contributed by atoms with Crippen LogP contribution in [0.3, 0.4) is 0 Å². The van der Waals surface area contributed by atoms with E-state index in [1.165, 1.54) is 4.48 Å². The van der Waals surface area contributed by atoms with Gasteiger partial charge in [-0.25, -0.2) is 0 Å². The van der Waals surface area contributed by atoms with Crippen molar-refractivity contribution in [3.63, 3.8) is 0 Å². The smallest absolute Gasteiger partial charge is 0.0796 e. The molecule has 0 bridgehead atoms. The van der Waals surface area contributed by atoms with E-state index in [-0.39, 0.29) is 23.1 Å². The van der Waals surface area contributed by atoms with Gasteiger partial charge in [-0.2, -0.15) is 0 Å². The van der Waals surface area contributed by atoms with Gasteiger partial charge in [0, 0.05) is 0 Å². The zero-order valence-electron chi connectivity index (χ0n) is 3.32. The summed E-state index contributed by atoms with van der Waals surface area (Å²) in [5.74, 6) is 0. The Bertz CT molecular complexity index is 105. The minimum Gasteiger partial charge on any atom is -0.0796 e. The summed E-state index contributed by atoms with van der Waals surface area (Å²) in [5.41, 5.74) is 0. The highest BCUT2D eigenvalue weighted by Crippen LogP contribution is 2.15.